The first-order valence-corrected chi connectivity index (χ1v) is 7.04. The van der Waals surface area contributed by atoms with E-state index in [1.54, 1.807) is 0 Å². The van der Waals surface area contributed by atoms with Crippen LogP contribution in [0.5, 0.6) is 0 Å². The highest BCUT2D eigenvalue weighted by Crippen LogP contribution is 2.36. The number of fused-ring (bicyclic) bond motifs is 1. The maximum atomic E-state index is 13.2. The topological polar surface area (TPSA) is 54.5 Å². The standard InChI is InChI=1S/C14H10ClF3N4/c15-11-5-8(7-19)6-12(20-11)22-10-4-2-1-3-9(10)13(21-22)14(16,17)18/h5-6H,1-4H2. The Kier molecular flexibility index (Phi) is 3.57. The van der Waals surface area contributed by atoms with Crippen LogP contribution >= 0.6 is 11.6 Å². The van der Waals surface area contributed by atoms with Gasteiger partial charge >= 0.3 is 6.18 Å². The van der Waals surface area contributed by atoms with E-state index in [2.05, 4.69) is 10.1 Å². The van der Waals surface area contributed by atoms with Gasteiger partial charge in [-0.1, -0.05) is 11.6 Å². The summed E-state index contributed by atoms with van der Waals surface area (Å²) in [4.78, 5) is 4.00. The van der Waals surface area contributed by atoms with Gasteiger partial charge in [-0.2, -0.15) is 23.5 Å². The molecule has 4 nitrogen and oxygen atoms in total. The van der Waals surface area contributed by atoms with Crippen molar-refractivity contribution in [1.82, 2.24) is 14.8 Å². The molecule has 8 heteroatoms. The summed E-state index contributed by atoms with van der Waals surface area (Å²) in [5.74, 6) is 0.137. The van der Waals surface area contributed by atoms with E-state index < -0.39 is 11.9 Å². The van der Waals surface area contributed by atoms with Gasteiger partial charge in [0, 0.05) is 17.3 Å². The average Bonchev–Trinajstić information content (AvgIpc) is 2.86. The molecule has 0 fully saturated rings. The number of hydrogen-bond acceptors (Lipinski definition) is 3. The van der Waals surface area contributed by atoms with Crippen molar-refractivity contribution in [2.75, 3.05) is 0 Å². The minimum Gasteiger partial charge on any atom is -0.219 e. The Bertz CT molecular complexity index is 774. The zero-order valence-corrected chi connectivity index (χ0v) is 12.0. The lowest BCUT2D eigenvalue weighted by atomic mass is 9.95. The van der Waals surface area contributed by atoms with Crippen LogP contribution in [-0.2, 0) is 19.0 Å². The minimum absolute atomic E-state index is 0.0441. The molecule has 22 heavy (non-hydrogen) atoms. The summed E-state index contributed by atoms with van der Waals surface area (Å²) in [7, 11) is 0. The average molecular weight is 327 g/mol. The second kappa shape index (κ2) is 5.29. The number of aromatic nitrogens is 3. The molecule has 0 unspecified atom stereocenters. The van der Waals surface area contributed by atoms with E-state index in [9.17, 15) is 13.2 Å². The van der Waals surface area contributed by atoms with Crippen LogP contribution in [0.1, 0.15) is 35.4 Å². The van der Waals surface area contributed by atoms with Gasteiger partial charge in [0.05, 0.1) is 11.6 Å². The number of pyridine rings is 1. The highest BCUT2D eigenvalue weighted by Gasteiger charge is 2.39. The third-order valence-electron chi connectivity index (χ3n) is 3.58. The predicted octanol–water partition coefficient (Wildman–Crippen LogP) is 3.69. The number of hydrogen-bond donors (Lipinski definition) is 0. The summed E-state index contributed by atoms with van der Waals surface area (Å²) in [6.45, 7) is 0. The van der Waals surface area contributed by atoms with Gasteiger partial charge in [-0.05, 0) is 31.7 Å². The fourth-order valence-electron chi connectivity index (χ4n) is 2.67. The number of halogens is 4. The first-order chi connectivity index (χ1) is 10.4. The molecule has 2 aromatic rings. The van der Waals surface area contributed by atoms with E-state index in [4.69, 9.17) is 16.9 Å². The van der Waals surface area contributed by atoms with Gasteiger partial charge < -0.3 is 0 Å². The van der Waals surface area contributed by atoms with Gasteiger partial charge in [0.1, 0.15) is 5.15 Å². The summed E-state index contributed by atoms with van der Waals surface area (Å²) < 4.78 is 40.6. The molecule has 0 saturated heterocycles. The Hall–Kier alpha value is -2.07. The predicted molar refractivity (Wildman–Crippen MR) is 72.7 cm³/mol. The van der Waals surface area contributed by atoms with Crippen molar-refractivity contribution < 1.29 is 13.2 Å². The van der Waals surface area contributed by atoms with Crippen molar-refractivity contribution in [2.24, 2.45) is 0 Å². The number of alkyl halides is 3. The van der Waals surface area contributed by atoms with E-state index in [0.29, 0.717) is 25.0 Å². The molecule has 0 aromatic carbocycles. The van der Waals surface area contributed by atoms with Gasteiger partial charge in [0.25, 0.3) is 0 Å². The van der Waals surface area contributed by atoms with Gasteiger partial charge in [-0.15, -0.1) is 0 Å². The molecule has 114 valence electrons. The van der Waals surface area contributed by atoms with Crippen LogP contribution < -0.4 is 0 Å². The van der Waals surface area contributed by atoms with Crippen molar-refractivity contribution in [2.45, 2.75) is 31.9 Å². The monoisotopic (exact) mass is 326 g/mol. The van der Waals surface area contributed by atoms with Crippen LogP contribution in [0.2, 0.25) is 5.15 Å². The lowest BCUT2D eigenvalue weighted by Crippen LogP contribution is -2.11. The number of nitrogens with zero attached hydrogens (tertiary/aromatic N) is 4. The Balaban J connectivity index is 2.22. The number of rotatable bonds is 1. The summed E-state index contributed by atoms with van der Waals surface area (Å²) in [6.07, 6.45) is -2.18. The maximum Gasteiger partial charge on any atom is 0.435 e. The molecular formula is C14H10ClF3N4. The third kappa shape index (κ3) is 2.55. The molecular weight excluding hydrogens is 317 g/mol. The smallest absolute Gasteiger partial charge is 0.219 e. The zero-order valence-electron chi connectivity index (χ0n) is 11.3. The molecule has 0 spiro atoms. The molecule has 0 atom stereocenters. The Morgan fingerprint density at radius 2 is 1.95 bits per heavy atom. The quantitative estimate of drug-likeness (QED) is 0.751. The fourth-order valence-corrected chi connectivity index (χ4v) is 2.88. The first kappa shape index (κ1) is 14.9. The van der Waals surface area contributed by atoms with Crippen LogP contribution in [-0.4, -0.2) is 14.8 Å². The molecule has 2 heterocycles. The molecule has 2 aromatic heterocycles. The van der Waals surface area contributed by atoms with Crippen LogP contribution in [0.4, 0.5) is 13.2 Å². The number of nitriles is 1. The fraction of sp³-hybridized carbons (Fsp3) is 0.357. The van der Waals surface area contributed by atoms with E-state index in [1.165, 1.54) is 16.8 Å². The van der Waals surface area contributed by atoms with Crippen molar-refractivity contribution in [1.29, 1.82) is 5.26 Å². The largest absolute Gasteiger partial charge is 0.435 e. The van der Waals surface area contributed by atoms with Crippen molar-refractivity contribution in [3.8, 4) is 11.9 Å². The maximum absolute atomic E-state index is 13.2. The molecule has 1 aliphatic rings. The van der Waals surface area contributed by atoms with Gasteiger partial charge in [0.2, 0.25) is 0 Å². The van der Waals surface area contributed by atoms with E-state index in [1.807, 2.05) is 6.07 Å². The minimum atomic E-state index is -4.51. The second-order valence-corrected chi connectivity index (χ2v) is 5.43. The van der Waals surface area contributed by atoms with Gasteiger partial charge in [0.15, 0.2) is 11.5 Å². The highest BCUT2D eigenvalue weighted by atomic mass is 35.5. The summed E-state index contributed by atoms with van der Waals surface area (Å²) in [5.41, 5.74) is 0.0716. The van der Waals surface area contributed by atoms with Crippen LogP contribution in [0.15, 0.2) is 12.1 Å². The Morgan fingerprint density at radius 3 is 2.64 bits per heavy atom. The van der Waals surface area contributed by atoms with E-state index in [-0.39, 0.29) is 22.1 Å². The molecule has 0 bridgehead atoms. The summed E-state index contributed by atoms with van der Waals surface area (Å²) >= 11 is 5.83. The summed E-state index contributed by atoms with van der Waals surface area (Å²) in [6, 6.07) is 4.64. The molecule has 0 aliphatic heterocycles. The zero-order chi connectivity index (χ0) is 15.9. The Morgan fingerprint density at radius 1 is 1.23 bits per heavy atom. The van der Waals surface area contributed by atoms with Crippen LogP contribution in [0.25, 0.3) is 5.82 Å². The Labute approximate surface area is 129 Å². The van der Waals surface area contributed by atoms with Crippen LogP contribution in [0, 0.1) is 11.3 Å². The molecule has 0 N–H and O–H groups in total. The second-order valence-electron chi connectivity index (χ2n) is 5.04. The highest BCUT2D eigenvalue weighted by molar-refractivity contribution is 6.29. The molecule has 3 rings (SSSR count). The van der Waals surface area contributed by atoms with Crippen molar-refractivity contribution >= 4 is 11.6 Å². The van der Waals surface area contributed by atoms with E-state index in [0.717, 1.165) is 6.42 Å². The summed E-state index contributed by atoms with van der Waals surface area (Å²) in [5, 5.41) is 12.7. The van der Waals surface area contributed by atoms with Crippen molar-refractivity contribution in [3.05, 3.63) is 39.8 Å². The van der Waals surface area contributed by atoms with Gasteiger partial charge in [-0.3, -0.25) is 0 Å². The van der Waals surface area contributed by atoms with Crippen molar-refractivity contribution in [3.63, 3.8) is 0 Å². The molecule has 0 amide bonds. The SMILES string of the molecule is N#Cc1cc(Cl)nc(-n2nc(C(F)(F)F)c3c2CCCC3)c1. The van der Waals surface area contributed by atoms with E-state index >= 15 is 0 Å². The normalized spacial score (nSPS) is 14.5. The third-order valence-corrected chi connectivity index (χ3v) is 3.77. The first-order valence-electron chi connectivity index (χ1n) is 6.66. The lowest BCUT2D eigenvalue weighted by Gasteiger charge is -2.14. The molecule has 1 aliphatic carbocycles. The van der Waals surface area contributed by atoms with Gasteiger partial charge in [-0.25, -0.2) is 9.67 Å². The molecule has 0 saturated carbocycles. The van der Waals surface area contributed by atoms with Crippen LogP contribution in [0.3, 0.4) is 0 Å². The molecule has 0 radical (unpaired) electrons. The lowest BCUT2D eigenvalue weighted by molar-refractivity contribution is -0.142.